The molecule has 1 aromatic carbocycles. The van der Waals surface area contributed by atoms with Crippen LogP contribution in [0.2, 0.25) is 0 Å². The summed E-state index contributed by atoms with van der Waals surface area (Å²) < 4.78 is 2.00. The Morgan fingerprint density at radius 3 is 2.56 bits per heavy atom. The van der Waals surface area contributed by atoms with E-state index in [1.165, 1.54) is 0 Å². The number of aromatic nitrogens is 2. The van der Waals surface area contributed by atoms with Gasteiger partial charge >= 0.3 is 0 Å². The SMILES string of the molecule is CCNC(=NCc1ccccc1-n1nc(C)cc1C)NCCN(C)CC.I. The Morgan fingerprint density at radius 2 is 1.93 bits per heavy atom. The van der Waals surface area contributed by atoms with E-state index in [9.17, 15) is 0 Å². The molecule has 0 aliphatic heterocycles. The number of nitrogens with zero attached hydrogens (tertiary/aromatic N) is 4. The van der Waals surface area contributed by atoms with Gasteiger partial charge in [-0.25, -0.2) is 9.67 Å². The van der Waals surface area contributed by atoms with E-state index in [1.54, 1.807) is 0 Å². The zero-order chi connectivity index (χ0) is 18.9. The van der Waals surface area contributed by atoms with Crippen molar-refractivity contribution in [2.75, 3.05) is 33.2 Å². The first-order chi connectivity index (χ1) is 12.5. The third-order valence-electron chi connectivity index (χ3n) is 4.31. The first-order valence-corrected chi connectivity index (χ1v) is 9.37. The summed E-state index contributed by atoms with van der Waals surface area (Å²) in [6, 6.07) is 10.4. The molecule has 1 heterocycles. The average Bonchev–Trinajstić information content (AvgIpc) is 2.97. The number of para-hydroxylation sites is 1. The van der Waals surface area contributed by atoms with Crippen LogP contribution in [-0.2, 0) is 6.54 Å². The fourth-order valence-corrected chi connectivity index (χ4v) is 2.75. The Kier molecular flexibility index (Phi) is 10.4. The first-order valence-electron chi connectivity index (χ1n) is 9.37. The Labute approximate surface area is 180 Å². The minimum Gasteiger partial charge on any atom is -0.357 e. The normalized spacial score (nSPS) is 11.4. The Bertz CT molecular complexity index is 725. The van der Waals surface area contributed by atoms with Crippen molar-refractivity contribution >= 4 is 29.9 Å². The van der Waals surface area contributed by atoms with Gasteiger partial charge in [-0.05, 0) is 52.1 Å². The van der Waals surface area contributed by atoms with Crippen LogP contribution in [-0.4, -0.2) is 53.9 Å². The topological polar surface area (TPSA) is 57.5 Å². The monoisotopic (exact) mass is 484 g/mol. The molecule has 1 aromatic heterocycles. The largest absolute Gasteiger partial charge is 0.357 e. The standard InChI is InChI=1S/C20H32N6.HI/c1-6-21-20(22-12-13-25(5)7-2)23-15-18-10-8-9-11-19(18)26-17(4)14-16(3)24-26;/h8-11,14H,6-7,12-13,15H2,1-5H3,(H2,21,22,23);1H. The van der Waals surface area contributed by atoms with Crippen LogP contribution in [0.15, 0.2) is 35.3 Å². The summed E-state index contributed by atoms with van der Waals surface area (Å²) in [5.41, 5.74) is 4.40. The lowest BCUT2D eigenvalue weighted by Gasteiger charge is -2.16. The Morgan fingerprint density at radius 1 is 1.19 bits per heavy atom. The number of aryl methyl sites for hydroxylation is 2. The molecule has 6 nitrogen and oxygen atoms in total. The lowest BCUT2D eigenvalue weighted by Crippen LogP contribution is -2.40. The molecule has 2 aromatic rings. The molecule has 27 heavy (non-hydrogen) atoms. The van der Waals surface area contributed by atoms with E-state index in [4.69, 9.17) is 4.99 Å². The van der Waals surface area contributed by atoms with Crippen LogP contribution in [0.25, 0.3) is 5.69 Å². The lowest BCUT2D eigenvalue weighted by atomic mass is 10.2. The molecular weight excluding hydrogens is 451 g/mol. The molecule has 2 N–H and O–H groups in total. The minimum absolute atomic E-state index is 0. The molecule has 2 rings (SSSR count). The maximum Gasteiger partial charge on any atom is 0.191 e. The molecule has 0 spiro atoms. The van der Waals surface area contributed by atoms with Gasteiger partial charge in [0.2, 0.25) is 0 Å². The van der Waals surface area contributed by atoms with Gasteiger partial charge < -0.3 is 15.5 Å². The summed E-state index contributed by atoms with van der Waals surface area (Å²) in [5, 5.41) is 11.3. The van der Waals surface area contributed by atoms with Crippen molar-refractivity contribution < 1.29 is 0 Å². The van der Waals surface area contributed by atoms with Crippen LogP contribution < -0.4 is 10.6 Å². The predicted molar refractivity (Wildman–Crippen MR) is 124 cm³/mol. The average molecular weight is 484 g/mol. The number of hydrogen-bond donors (Lipinski definition) is 2. The van der Waals surface area contributed by atoms with E-state index in [2.05, 4.69) is 72.7 Å². The van der Waals surface area contributed by atoms with Crippen LogP contribution in [0.4, 0.5) is 0 Å². The number of benzene rings is 1. The molecule has 0 atom stereocenters. The van der Waals surface area contributed by atoms with E-state index in [1.807, 2.05) is 17.7 Å². The second-order valence-electron chi connectivity index (χ2n) is 6.49. The summed E-state index contributed by atoms with van der Waals surface area (Å²) in [4.78, 5) is 7.04. The van der Waals surface area contributed by atoms with Gasteiger partial charge in [-0.15, -0.1) is 24.0 Å². The molecule has 0 bridgehead atoms. The summed E-state index contributed by atoms with van der Waals surface area (Å²) >= 11 is 0. The summed E-state index contributed by atoms with van der Waals surface area (Å²) in [7, 11) is 2.12. The van der Waals surface area contributed by atoms with Crippen LogP contribution in [0.5, 0.6) is 0 Å². The Hall–Kier alpha value is -1.61. The first kappa shape index (κ1) is 23.4. The maximum absolute atomic E-state index is 4.76. The fourth-order valence-electron chi connectivity index (χ4n) is 2.75. The highest BCUT2D eigenvalue weighted by atomic mass is 127. The number of halogens is 1. The number of aliphatic imine (C=N–C) groups is 1. The third kappa shape index (κ3) is 7.14. The lowest BCUT2D eigenvalue weighted by molar-refractivity contribution is 0.357. The zero-order valence-corrected chi connectivity index (χ0v) is 19.4. The summed E-state index contributed by atoms with van der Waals surface area (Å²) in [6.45, 7) is 12.7. The van der Waals surface area contributed by atoms with Gasteiger partial charge in [0.15, 0.2) is 5.96 Å². The molecule has 0 saturated heterocycles. The molecule has 0 radical (unpaired) electrons. The van der Waals surface area contributed by atoms with Crippen molar-refractivity contribution in [2.24, 2.45) is 4.99 Å². The van der Waals surface area contributed by atoms with Crippen molar-refractivity contribution in [3.63, 3.8) is 0 Å². The highest BCUT2D eigenvalue weighted by Gasteiger charge is 2.08. The Balaban J connectivity index is 0.00000364. The van der Waals surface area contributed by atoms with Gasteiger partial charge in [0, 0.05) is 25.3 Å². The van der Waals surface area contributed by atoms with Crippen molar-refractivity contribution in [3.8, 4) is 5.69 Å². The van der Waals surface area contributed by atoms with Crippen LogP contribution in [0.3, 0.4) is 0 Å². The van der Waals surface area contributed by atoms with E-state index < -0.39 is 0 Å². The molecule has 0 aliphatic rings. The summed E-state index contributed by atoms with van der Waals surface area (Å²) in [6.07, 6.45) is 0. The van der Waals surface area contributed by atoms with Gasteiger partial charge in [0.25, 0.3) is 0 Å². The minimum atomic E-state index is 0. The fraction of sp³-hybridized carbons (Fsp3) is 0.500. The van der Waals surface area contributed by atoms with Gasteiger partial charge in [0.05, 0.1) is 17.9 Å². The van der Waals surface area contributed by atoms with Gasteiger partial charge in [-0.3, -0.25) is 0 Å². The van der Waals surface area contributed by atoms with E-state index in [-0.39, 0.29) is 24.0 Å². The number of rotatable bonds is 8. The molecule has 0 fully saturated rings. The van der Waals surface area contributed by atoms with Gasteiger partial charge in [0.1, 0.15) is 0 Å². The van der Waals surface area contributed by atoms with Crippen molar-refractivity contribution in [2.45, 2.75) is 34.2 Å². The van der Waals surface area contributed by atoms with Crippen molar-refractivity contribution in [1.29, 1.82) is 0 Å². The highest BCUT2D eigenvalue weighted by Crippen LogP contribution is 2.17. The van der Waals surface area contributed by atoms with Crippen LogP contribution >= 0.6 is 24.0 Å². The number of likely N-dealkylation sites (N-methyl/N-ethyl adjacent to an activating group) is 1. The predicted octanol–water partition coefficient (Wildman–Crippen LogP) is 3.11. The molecule has 150 valence electrons. The molecule has 0 aliphatic carbocycles. The van der Waals surface area contributed by atoms with E-state index in [0.717, 1.165) is 54.8 Å². The molecular formula is C20H33IN6. The smallest absolute Gasteiger partial charge is 0.191 e. The van der Waals surface area contributed by atoms with Crippen molar-refractivity contribution in [3.05, 3.63) is 47.3 Å². The zero-order valence-electron chi connectivity index (χ0n) is 17.1. The van der Waals surface area contributed by atoms with Crippen molar-refractivity contribution in [1.82, 2.24) is 25.3 Å². The molecule has 7 heteroatoms. The van der Waals surface area contributed by atoms with Crippen LogP contribution in [0, 0.1) is 13.8 Å². The summed E-state index contributed by atoms with van der Waals surface area (Å²) in [5.74, 6) is 0.847. The molecule has 0 saturated carbocycles. The van der Waals surface area contributed by atoms with Gasteiger partial charge in [-0.1, -0.05) is 25.1 Å². The third-order valence-corrected chi connectivity index (χ3v) is 4.31. The molecule has 0 amide bonds. The highest BCUT2D eigenvalue weighted by molar-refractivity contribution is 14.0. The second kappa shape index (κ2) is 12.0. The van der Waals surface area contributed by atoms with E-state index in [0.29, 0.717) is 6.54 Å². The molecule has 0 unspecified atom stereocenters. The second-order valence-corrected chi connectivity index (χ2v) is 6.49. The van der Waals surface area contributed by atoms with E-state index >= 15 is 0 Å². The quantitative estimate of drug-likeness (QED) is 0.344. The van der Waals surface area contributed by atoms with Crippen LogP contribution in [0.1, 0.15) is 30.8 Å². The number of nitrogens with one attached hydrogen (secondary N) is 2. The maximum atomic E-state index is 4.76. The van der Waals surface area contributed by atoms with Gasteiger partial charge in [-0.2, -0.15) is 5.10 Å². The number of hydrogen-bond acceptors (Lipinski definition) is 3. The number of guanidine groups is 1.